The Morgan fingerprint density at radius 2 is 2.04 bits per heavy atom. The molecule has 7 heteroatoms. The number of carbonyl (C=O) groups excluding carboxylic acids is 1. The predicted molar refractivity (Wildman–Crippen MR) is 114 cm³/mol. The lowest BCUT2D eigenvalue weighted by atomic mass is 10.1. The van der Waals surface area contributed by atoms with Gasteiger partial charge >= 0.3 is 0 Å². The minimum absolute atomic E-state index is 0.0733. The molecule has 0 unspecified atom stereocenters. The molecule has 1 aliphatic carbocycles. The lowest BCUT2D eigenvalue weighted by Gasteiger charge is -2.16. The Morgan fingerprint density at radius 1 is 1.29 bits per heavy atom. The van der Waals surface area contributed by atoms with Crippen molar-refractivity contribution in [2.75, 3.05) is 0 Å². The number of nitrogens with zero attached hydrogens (tertiary/aromatic N) is 1. The molecule has 1 aromatic heterocycles. The maximum Gasteiger partial charge on any atom is 0.255 e. The normalized spacial score (nSPS) is 15.2. The van der Waals surface area contributed by atoms with Crippen molar-refractivity contribution in [3.63, 3.8) is 0 Å². The third-order valence-electron chi connectivity index (χ3n) is 5.02. The molecule has 1 saturated carbocycles. The molecule has 3 rings (SSSR count). The van der Waals surface area contributed by atoms with Crippen LogP contribution in [0.15, 0.2) is 34.2 Å². The molecule has 2 aromatic rings. The van der Waals surface area contributed by atoms with Crippen LogP contribution in [0.25, 0.3) is 0 Å². The van der Waals surface area contributed by atoms with Crippen LogP contribution in [-0.2, 0) is 17.0 Å². The summed E-state index contributed by atoms with van der Waals surface area (Å²) in [5, 5.41) is 4.33. The van der Waals surface area contributed by atoms with Crippen LogP contribution in [0, 0.1) is 6.92 Å². The molecule has 1 fully saturated rings. The number of carbonyl (C=O) groups is 1. The number of benzene rings is 1. The highest BCUT2D eigenvalue weighted by Gasteiger charge is 2.17. The Hall–Kier alpha value is -1.79. The van der Waals surface area contributed by atoms with E-state index >= 15 is 0 Å². The smallest absolute Gasteiger partial charge is 0.255 e. The van der Waals surface area contributed by atoms with Crippen LogP contribution in [0.1, 0.15) is 55.3 Å². The molecule has 150 valence electrons. The lowest BCUT2D eigenvalue weighted by Crippen LogP contribution is -2.36. The predicted octanol–water partition coefficient (Wildman–Crippen LogP) is 4.41. The van der Waals surface area contributed by atoms with Crippen molar-refractivity contribution in [1.29, 1.82) is 0 Å². The van der Waals surface area contributed by atoms with Crippen molar-refractivity contribution >= 4 is 29.3 Å². The van der Waals surface area contributed by atoms with Gasteiger partial charge in [0.1, 0.15) is 0 Å². The Morgan fingerprint density at radius 3 is 2.71 bits per heavy atom. The number of hydrogen-bond acceptors (Lipinski definition) is 4. The summed E-state index contributed by atoms with van der Waals surface area (Å²) < 4.78 is 0. The summed E-state index contributed by atoms with van der Waals surface area (Å²) in [5.74, 6) is 0.561. The molecule has 0 atom stereocenters. The van der Waals surface area contributed by atoms with Crippen LogP contribution in [0.5, 0.6) is 0 Å². The Bertz CT molecular complexity index is 876. The molecule has 1 amide bonds. The molecule has 0 bridgehead atoms. The fourth-order valence-electron chi connectivity index (χ4n) is 3.50. The number of aryl methyl sites for hydroxylation is 1. The highest BCUT2D eigenvalue weighted by atomic mass is 35.5. The van der Waals surface area contributed by atoms with E-state index in [-0.39, 0.29) is 23.9 Å². The van der Waals surface area contributed by atoms with Gasteiger partial charge in [-0.25, -0.2) is 4.98 Å². The molecular weight excluding hydrogens is 394 g/mol. The molecule has 5 nitrogen and oxygen atoms in total. The van der Waals surface area contributed by atoms with Gasteiger partial charge in [0.25, 0.3) is 5.56 Å². The molecule has 0 radical (unpaired) electrons. The van der Waals surface area contributed by atoms with Crippen LogP contribution in [-0.4, -0.2) is 21.9 Å². The van der Waals surface area contributed by atoms with Gasteiger partial charge in [0.2, 0.25) is 5.91 Å². The average molecular weight is 420 g/mol. The topological polar surface area (TPSA) is 74.8 Å². The number of thioether (sulfide) groups is 1. The second kappa shape index (κ2) is 10.1. The van der Waals surface area contributed by atoms with Crippen molar-refractivity contribution in [3.05, 3.63) is 56.5 Å². The zero-order chi connectivity index (χ0) is 19.9. The van der Waals surface area contributed by atoms with E-state index in [2.05, 4.69) is 15.3 Å². The third-order valence-corrected chi connectivity index (χ3v) is 6.20. The van der Waals surface area contributed by atoms with Crippen LogP contribution < -0.4 is 10.9 Å². The van der Waals surface area contributed by atoms with Gasteiger partial charge in [-0.3, -0.25) is 9.59 Å². The molecule has 0 aliphatic heterocycles. The second-order valence-electron chi connectivity index (χ2n) is 7.29. The summed E-state index contributed by atoms with van der Waals surface area (Å²) >= 11 is 7.45. The van der Waals surface area contributed by atoms with E-state index < -0.39 is 0 Å². The van der Waals surface area contributed by atoms with E-state index in [4.69, 9.17) is 11.6 Å². The maximum atomic E-state index is 12.5. The van der Waals surface area contributed by atoms with E-state index in [0.29, 0.717) is 27.2 Å². The number of H-pyrrole nitrogens is 1. The molecule has 0 saturated heterocycles. The van der Waals surface area contributed by atoms with Crippen molar-refractivity contribution in [3.8, 4) is 0 Å². The summed E-state index contributed by atoms with van der Waals surface area (Å²) in [7, 11) is 0. The van der Waals surface area contributed by atoms with Crippen molar-refractivity contribution < 1.29 is 4.79 Å². The number of aromatic amines is 1. The highest BCUT2D eigenvalue weighted by molar-refractivity contribution is 7.98. The summed E-state index contributed by atoms with van der Waals surface area (Å²) in [6.07, 6.45) is 6.92. The van der Waals surface area contributed by atoms with Crippen molar-refractivity contribution in [2.45, 2.75) is 68.8 Å². The van der Waals surface area contributed by atoms with Crippen LogP contribution in [0.2, 0.25) is 5.02 Å². The Labute approximate surface area is 174 Å². The summed E-state index contributed by atoms with van der Waals surface area (Å²) in [6.45, 7) is 1.78. The Kier molecular flexibility index (Phi) is 7.57. The van der Waals surface area contributed by atoms with Gasteiger partial charge in [0.15, 0.2) is 5.16 Å². The molecule has 2 N–H and O–H groups in total. The first kappa shape index (κ1) is 20.9. The van der Waals surface area contributed by atoms with Crippen molar-refractivity contribution in [1.82, 2.24) is 15.3 Å². The standard InChI is InChI=1S/C21H26ClN3O2S/c1-14-18(12-19(26)24-17-9-4-2-3-5-10-17)20(27)25-21(23-14)28-13-15-7-6-8-16(22)11-15/h6-8,11,17H,2-5,9-10,12-13H2,1H3,(H,24,26)(H,23,25,27). The zero-order valence-corrected chi connectivity index (χ0v) is 17.7. The number of aromatic nitrogens is 2. The first-order valence-corrected chi connectivity index (χ1v) is 11.1. The van der Waals surface area contributed by atoms with E-state index in [9.17, 15) is 9.59 Å². The van der Waals surface area contributed by atoms with Gasteiger partial charge in [-0.2, -0.15) is 0 Å². The molecule has 28 heavy (non-hydrogen) atoms. The van der Waals surface area contributed by atoms with E-state index in [1.165, 1.54) is 24.6 Å². The van der Waals surface area contributed by atoms with Crippen molar-refractivity contribution in [2.24, 2.45) is 0 Å². The summed E-state index contributed by atoms with van der Waals surface area (Å²) in [6, 6.07) is 7.83. The summed E-state index contributed by atoms with van der Waals surface area (Å²) in [5.41, 5.74) is 1.87. The van der Waals surface area contributed by atoms with Crippen LogP contribution in [0.3, 0.4) is 0 Å². The van der Waals surface area contributed by atoms with Crippen LogP contribution >= 0.6 is 23.4 Å². The fourth-order valence-corrected chi connectivity index (χ4v) is 4.56. The first-order valence-electron chi connectivity index (χ1n) is 9.77. The molecule has 1 aromatic carbocycles. The first-order chi connectivity index (χ1) is 13.5. The average Bonchev–Trinajstić information content (AvgIpc) is 2.92. The van der Waals surface area contributed by atoms with E-state index in [1.807, 2.05) is 24.3 Å². The van der Waals surface area contributed by atoms with Crippen LogP contribution in [0.4, 0.5) is 0 Å². The van der Waals surface area contributed by atoms with Gasteiger partial charge in [-0.05, 0) is 37.5 Å². The number of rotatable bonds is 6. The Balaban J connectivity index is 1.61. The molecule has 0 spiro atoms. The SMILES string of the molecule is Cc1nc(SCc2cccc(Cl)c2)[nH]c(=O)c1CC(=O)NC1CCCCCC1. The number of amides is 1. The summed E-state index contributed by atoms with van der Waals surface area (Å²) in [4.78, 5) is 32.2. The number of halogens is 1. The highest BCUT2D eigenvalue weighted by Crippen LogP contribution is 2.21. The van der Waals surface area contributed by atoms with E-state index in [0.717, 1.165) is 31.2 Å². The maximum absolute atomic E-state index is 12.5. The largest absolute Gasteiger partial charge is 0.353 e. The number of hydrogen-bond donors (Lipinski definition) is 2. The fraction of sp³-hybridized carbons (Fsp3) is 0.476. The number of nitrogens with one attached hydrogen (secondary N) is 2. The van der Waals surface area contributed by atoms with Gasteiger partial charge in [-0.1, -0.05) is 61.2 Å². The van der Waals surface area contributed by atoms with Gasteiger partial charge in [0, 0.05) is 28.1 Å². The minimum atomic E-state index is -0.239. The van der Waals surface area contributed by atoms with Gasteiger partial charge < -0.3 is 10.3 Å². The quantitative estimate of drug-likeness (QED) is 0.413. The van der Waals surface area contributed by atoms with Gasteiger partial charge in [-0.15, -0.1) is 0 Å². The molecular formula is C21H26ClN3O2S. The monoisotopic (exact) mass is 419 g/mol. The minimum Gasteiger partial charge on any atom is -0.353 e. The van der Waals surface area contributed by atoms with E-state index in [1.54, 1.807) is 6.92 Å². The molecule has 1 heterocycles. The zero-order valence-electron chi connectivity index (χ0n) is 16.1. The lowest BCUT2D eigenvalue weighted by molar-refractivity contribution is -0.121. The third kappa shape index (κ3) is 6.11. The van der Waals surface area contributed by atoms with Gasteiger partial charge in [0.05, 0.1) is 6.42 Å². The second-order valence-corrected chi connectivity index (χ2v) is 8.69. The molecule has 1 aliphatic rings.